The van der Waals surface area contributed by atoms with Crippen molar-refractivity contribution in [2.24, 2.45) is 0 Å². The number of halogens is 1. The third kappa shape index (κ3) is 5.65. The standard InChI is InChI=1S/C18H21FN2O3S/c1-14(15-7-4-3-5-8-15)21(25(2,23)24)12-11-18(22)20-17-10-6-9-16(19)13-17/h3-10,13-14H,11-12H2,1-2H3,(H,20,22). The van der Waals surface area contributed by atoms with Crippen molar-refractivity contribution in [3.8, 4) is 0 Å². The molecule has 134 valence electrons. The van der Waals surface area contributed by atoms with E-state index >= 15 is 0 Å². The van der Waals surface area contributed by atoms with Gasteiger partial charge < -0.3 is 5.32 Å². The molecule has 0 bridgehead atoms. The summed E-state index contributed by atoms with van der Waals surface area (Å²) in [5, 5.41) is 2.57. The van der Waals surface area contributed by atoms with E-state index < -0.39 is 21.9 Å². The van der Waals surface area contributed by atoms with E-state index in [4.69, 9.17) is 0 Å². The van der Waals surface area contributed by atoms with Crippen LogP contribution in [-0.4, -0.2) is 31.4 Å². The molecule has 2 rings (SSSR count). The van der Waals surface area contributed by atoms with Gasteiger partial charge in [0.1, 0.15) is 5.82 Å². The molecule has 5 nitrogen and oxygen atoms in total. The fraction of sp³-hybridized carbons (Fsp3) is 0.278. The van der Waals surface area contributed by atoms with Crippen LogP contribution in [0.25, 0.3) is 0 Å². The Hall–Kier alpha value is -2.25. The number of nitrogens with one attached hydrogen (secondary N) is 1. The minimum Gasteiger partial charge on any atom is -0.326 e. The Labute approximate surface area is 147 Å². The number of rotatable bonds is 7. The molecule has 1 amide bonds. The van der Waals surface area contributed by atoms with Gasteiger partial charge in [-0.25, -0.2) is 12.8 Å². The molecule has 2 aromatic rings. The fourth-order valence-corrected chi connectivity index (χ4v) is 3.67. The summed E-state index contributed by atoms with van der Waals surface area (Å²) < 4.78 is 38.6. The van der Waals surface area contributed by atoms with E-state index in [2.05, 4.69) is 5.32 Å². The molecule has 0 heterocycles. The quantitative estimate of drug-likeness (QED) is 0.821. The highest BCUT2D eigenvalue weighted by atomic mass is 32.2. The Morgan fingerprint density at radius 2 is 1.84 bits per heavy atom. The molecule has 7 heteroatoms. The summed E-state index contributed by atoms with van der Waals surface area (Å²) in [4.78, 5) is 12.1. The summed E-state index contributed by atoms with van der Waals surface area (Å²) >= 11 is 0. The smallest absolute Gasteiger partial charge is 0.225 e. The lowest BCUT2D eigenvalue weighted by molar-refractivity contribution is -0.116. The number of amides is 1. The second-order valence-corrected chi connectivity index (χ2v) is 7.70. The lowest BCUT2D eigenvalue weighted by Crippen LogP contribution is -2.35. The van der Waals surface area contributed by atoms with Crippen LogP contribution >= 0.6 is 0 Å². The second-order valence-electron chi connectivity index (χ2n) is 5.77. The highest BCUT2D eigenvalue weighted by Crippen LogP contribution is 2.23. The van der Waals surface area contributed by atoms with Gasteiger partial charge >= 0.3 is 0 Å². The van der Waals surface area contributed by atoms with Crippen LogP contribution in [0.5, 0.6) is 0 Å². The zero-order valence-electron chi connectivity index (χ0n) is 14.1. The van der Waals surface area contributed by atoms with Gasteiger partial charge in [-0.3, -0.25) is 4.79 Å². The molecule has 1 N–H and O–H groups in total. The normalized spacial score (nSPS) is 12.8. The summed E-state index contributed by atoms with van der Waals surface area (Å²) in [6.07, 6.45) is 1.09. The molecule has 0 fully saturated rings. The minimum atomic E-state index is -3.49. The lowest BCUT2D eigenvalue weighted by Gasteiger charge is -2.27. The van der Waals surface area contributed by atoms with Crippen LogP contribution in [0, 0.1) is 5.82 Å². The average Bonchev–Trinajstić information content (AvgIpc) is 2.54. The minimum absolute atomic E-state index is 0.0270. The number of anilines is 1. The van der Waals surface area contributed by atoms with Gasteiger partial charge in [-0.2, -0.15) is 4.31 Å². The van der Waals surface area contributed by atoms with Gasteiger partial charge in [0.15, 0.2) is 0 Å². The number of hydrogen-bond acceptors (Lipinski definition) is 3. The van der Waals surface area contributed by atoms with Gasteiger partial charge in [0.2, 0.25) is 15.9 Å². The van der Waals surface area contributed by atoms with Crippen LogP contribution in [0.3, 0.4) is 0 Å². The molecule has 0 aliphatic carbocycles. The van der Waals surface area contributed by atoms with E-state index in [0.717, 1.165) is 11.8 Å². The van der Waals surface area contributed by atoms with Gasteiger partial charge in [0, 0.05) is 24.7 Å². The average molecular weight is 364 g/mol. The van der Waals surface area contributed by atoms with E-state index in [0.29, 0.717) is 5.69 Å². The molecule has 1 atom stereocenters. The molecular weight excluding hydrogens is 343 g/mol. The van der Waals surface area contributed by atoms with E-state index in [1.807, 2.05) is 30.3 Å². The van der Waals surface area contributed by atoms with Crippen molar-refractivity contribution >= 4 is 21.6 Å². The molecule has 0 saturated carbocycles. The van der Waals surface area contributed by atoms with Crippen LogP contribution in [0.1, 0.15) is 24.9 Å². The fourth-order valence-electron chi connectivity index (χ4n) is 2.55. The van der Waals surface area contributed by atoms with Gasteiger partial charge in [-0.15, -0.1) is 0 Å². The van der Waals surface area contributed by atoms with E-state index in [1.54, 1.807) is 13.0 Å². The molecule has 0 aliphatic rings. The van der Waals surface area contributed by atoms with Crippen LogP contribution in [0.15, 0.2) is 54.6 Å². The Kier molecular flexibility index (Phi) is 6.27. The summed E-state index contributed by atoms with van der Waals surface area (Å²) in [5.41, 5.74) is 1.19. The van der Waals surface area contributed by atoms with Gasteiger partial charge in [0.05, 0.1) is 6.26 Å². The molecule has 2 aromatic carbocycles. The highest BCUT2D eigenvalue weighted by Gasteiger charge is 2.25. The van der Waals surface area contributed by atoms with Crippen LogP contribution in [0.2, 0.25) is 0 Å². The number of hydrogen-bond donors (Lipinski definition) is 1. The maximum absolute atomic E-state index is 13.1. The molecule has 0 spiro atoms. The third-order valence-electron chi connectivity index (χ3n) is 3.81. The zero-order chi connectivity index (χ0) is 18.4. The van der Waals surface area contributed by atoms with Crippen molar-refractivity contribution in [3.63, 3.8) is 0 Å². The SMILES string of the molecule is CC(c1ccccc1)N(CCC(=O)Nc1cccc(F)c1)S(C)(=O)=O. The van der Waals surface area contributed by atoms with Crippen molar-refractivity contribution in [1.82, 2.24) is 4.31 Å². The maximum Gasteiger partial charge on any atom is 0.225 e. The first-order chi connectivity index (χ1) is 11.8. The number of carbonyl (C=O) groups is 1. The van der Waals surface area contributed by atoms with Gasteiger partial charge in [-0.05, 0) is 30.7 Å². The molecular formula is C18H21FN2O3S. The summed E-state index contributed by atoms with van der Waals surface area (Å²) in [6.45, 7) is 1.82. The highest BCUT2D eigenvalue weighted by molar-refractivity contribution is 7.88. The van der Waals surface area contributed by atoms with Gasteiger partial charge in [-0.1, -0.05) is 36.4 Å². The van der Waals surface area contributed by atoms with E-state index in [9.17, 15) is 17.6 Å². The predicted molar refractivity (Wildman–Crippen MR) is 96.1 cm³/mol. The van der Waals surface area contributed by atoms with Crippen molar-refractivity contribution < 1.29 is 17.6 Å². The number of nitrogens with zero attached hydrogens (tertiary/aromatic N) is 1. The molecule has 0 radical (unpaired) electrons. The Morgan fingerprint density at radius 1 is 1.16 bits per heavy atom. The summed E-state index contributed by atoms with van der Waals surface area (Å²) in [7, 11) is -3.49. The molecule has 0 aliphatic heterocycles. The summed E-state index contributed by atoms with van der Waals surface area (Å²) in [5.74, 6) is -0.826. The Balaban J connectivity index is 2.04. The molecule has 0 saturated heterocycles. The lowest BCUT2D eigenvalue weighted by atomic mass is 10.1. The van der Waals surface area contributed by atoms with Crippen LogP contribution < -0.4 is 5.32 Å². The molecule has 25 heavy (non-hydrogen) atoms. The monoisotopic (exact) mass is 364 g/mol. The first kappa shape index (κ1) is 19.1. The van der Waals surface area contributed by atoms with Crippen molar-refractivity contribution in [3.05, 3.63) is 66.0 Å². The second kappa shape index (κ2) is 8.22. The summed E-state index contributed by atoms with van der Waals surface area (Å²) in [6, 6.07) is 14.4. The number of sulfonamides is 1. The van der Waals surface area contributed by atoms with Crippen LogP contribution in [0.4, 0.5) is 10.1 Å². The molecule has 1 unspecified atom stereocenters. The molecule has 0 aromatic heterocycles. The number of carbonyl (C=O) groups excluding carboxylic acids is 1. The largest absolute Gasteiger partial charge is 0.326 e. The Bertz CT molecular complexity index is 825. The topological polar surface area (TPSA) is 66.5 Å². The van der Waals surface area contributed by atoms with Crippen molar-refractivity contribution in [1.29, 1.82) is 0 Å². The first-order valence-corrected chi connectivity index (χ1v) is 9.69. The van der Waals surface area contributed by atoms with Gasteiger partial charge in [0.25, 0.3) is 0 Å². The van der Waals surface area contributed by atoms with E-state index in [1.165, 1.54) is 22.5 Å². The van der Waals surface area contributed by atoms with Crippen molar-refractivity contribution in [2.45, 2.75) is 19.4 Å². The Morgan fingerprint density at radius 3 is 2.44 bits per heavy atom. The van der Waals surface area contributed by atoms with Crippen molar-refractivity contribution in [2.75, 3.05) is 18.1 Å². The number of benzene rings is 2. The first-order valence-electron chi connectivity index (χ1n) is 7.84. The zero-order valence-corrected chi connectivity index (χ0v) is 15.0. The maximum atomic E-state index is 13.1. The van der Waals surface area contributed by atoms with E-state index in [-0.39, 0.29) is 18.9 Å². The third-order valence-corrected chi connectivity index (χ3v) is 5.16. The predicted octanol–water partition coefficient (Wildman–Crippen LogP) is 3.18. The van der Waals surface area contributed by atoms with Crippen LogP contribution in [-0.2, 0) is 14.8 Å².